The van der Waals surface area contributed by atoms with Crippen LogP contribution in [0.4, 0.5) is 4.39 Å². The third-order valence-electron chi connectivity index (χ3n) is 1.90. The van der Waals surface area contributed by atoms with E-state index in [-0.39, 0.29) is 17.0 Å². The first kappa shape index (κ1) is 12.6. The Hall–Kier alpha value is -2.44. The van der Waals surface area contributed by atoms with Gasteiger partial charge < -0.3 is 10.8 Å². The molecule has 0 heterocycles. The van der Waals surface area contributed by atoms with Crippen LogP contribution in [0.5, 0.6) is 5.75 Å². The number of rotatable bonds is 2. The lowest BCUT2D eigenvalue weighted by molar-refractivity contribution is -0.137. The minimum Gasteiger partial charge on any atom is -0.507 e. The number of amides is 2. The molecule has 0 aliphatic carbocycles. The first-order chi connectivity index (χ1) is 7.91. The molecule has 7 heteroatoms. The molecule has 0 unspecified atom stereocenters. The van der Waals surface area contributed by atoms with E-state index < -0.39 is 17.6 Å². The third-order valence-corrected chi connectivity index (χ3v) is 1.90. The number of benzene rings is 1. The summed E-state index contributed by atoms with van der Waals surface area (Å²) in [6.07, 6.45) is 0. The van der Waals surface area contributed by atoms with E-state index in [0.717, 1.165) is 18.2 Å². The summed E-state index contributed by atoms with van der Waals surface area (Å²) in [6, 6.07) is 3.28. The predicted molar refractivity (Wildman–Crippen MR) is 57.6 cm³/mol. The van der Waals surface area contributed by atoms with Crippen LogP contribution in [-0.2, 0) is 9.59 Å². The smallest absolute Gasteiger partial charge is 0.329 e. The van der Waals surface area contributed by atoms with Crippen LogP contribution in [-0.4, -0.2) is 22.6 Å². The van der Waals surface area contributed by atoms with Gasteiger partial charge in [-0.1, -0.05) is 0 Å². The van der Waals surface area contributed by atoms with Crippen molar-refractivity contribution in [2.75, 3.05) is 0 Å². The second-order valence-electron chi connectivity index (χ2n) is 3.16. The number of nitrogens with zero attached hydrogens (tertiary/aromatic N) is 1. The molecule has 0 aromatic heterocycles. The first-order valence-electron chi connectivity index (χ1n) is 4.54. The number of halogens is 1. The summed E-state index contributed by atoms with van der Waals surface area (Å²) < 4.78 is 12.9. The Morgan fingerprint density at radius 1 is 1.47 bits per heavy atom. The summed E-state index contributed by atoms with van der Waals surface area (Å²) in [4.78, 5) is 21.2. The fraction of sp³-hybridized carbons (Fsp3) is 0.100. The number of hydrogen-bond donors (Lipinski definition) is 3. The summed E-state index contributed by atoms with van der Waals surface area (Å²) in [7, 11) is 0. The average Bonchev–Trinajstić information content (AvgIpc) is 2.28. The van der Waals surface area contributed by atoms with Crippen molar-refractivity contribution in [1.29, 1.82) is 0 Å². The molecule has 2 amide bonds. The molecule has 0 bridgehead atoms. The van der Waals surface area contributed by atoms with E-state index in [0.29, 0.717) is 0 Å². The SMILES string of the molecule is CC(=NNC(=O)C(N)=O)c1cc(F)ccc1O. The zero-order chi connectivity index (χ0) is 13.0. The van der Waals surface area contributed by atoms with Crippen LogP contribution >= 0.6 is 0 Å². The van der Waals surface area contributed by atoms with Crippen molar-refractivity contribution in [1.82, 2.24) is 5.43 Å². The molecular weight excluding hydrogens is 229 g/mol. The highest BCUT2D eigenvalue weighted by molar-refractivity contribution is 6.34. The Kier molecular flexibility index (Phi) is 3.76. The van der Waals surface area contributed by atoms with Crippen molar-refractivity contribution in [3.05, 3.63) is 29.6 Å². The summed E-state index contributed by atoms with van der Waals surface area (Å²) >= 11 is 0. The maximum atomic E-state index is 12.9. The van der Waals surface area contributed by atoms with Crippen LogP contribution in [0.2, 0.25) is 0 Å². The van der Waals surface area contributed by atoms with Gasteiger partial charge in [-0.2, -0.15) is 5.10 Å². The van der Waals surface area contributed by atoms with Crippen LogP contribution in [0.25, 0.3) is 0 Å². The Labute approximate surface area is 95.9 Å². The lowest BCUT2D eigenvalue weighted by Crippen LogP contribution is -2.33. The van der Waals surface area contributed by atoms with E-state index in [1.165, 1.54) is 6.92 Å². The van der Waals surface area contributed by atoms with E-state index >= 15 is 0 Å². The molecule has 6 nitrogen and oxygen atoms in total. The normalized spacial score (nSPS) is 11.1. The van der Waals surface area contributed by atoms with Gasteiger partial charge in [-0.3, -0.25) is 9.59 Å². The highest BCUT2D eigenvalue weighted by Crippen LogP contribution is 2.18. The number of carbonyl (C=O) groups is 2. The molecule has 0 aliphatic heterocycles. The van der Waals surface area contributed by atoms with Gasteiger partial charge in [0.2, 0.25) is 0 Å². The highest BCUT2D eigenvalue weighted by atomic mass is 19.1. The van der Waals surface area contributed by atoms with Crippen molar-refractivity contribution in [3.63, 3.8) is 0 Å². The number of phenols is 1. The molecule has 90 valence electrons. The van der Waals surface area contributed by atoms with Crippen molar-refractivity contribution < 1.29 is 19.1 Å². The third kappa shape index (κ3) is 3.26. The number of primary amides is 1. The number of nitrogens with one attached hydrogen (secondary N) is 1. The molecule has 0 fully saturated rings. The number of nitrogens with two attached hydrogens (primary N) is 1. The molecule has 0 spiro atoms. The molecule has 0 saturated heterocycles. The Morgan fingerprint density at radius 2 is 2.12 bits per heavy atom. The number of carbonyl (C=O) groups excluding carboxylic acids is 2. The largest absolute Gasteiger partial charge is 0.507 e. The minimum atomic E-state index is -1.19. The summed E-state index contributed by atoms with van der Waals surface area (Å²) in [5.74, 6) is -3.04. The van der Waals surface area contributed by atoms with Gasteiger partial charge in [0, 0.05) is 5.56 Å². The van der Waals surface area contributed by atoms with Crippen LogP contribution in [0.3, 0.4) is 0 Å². The number of phenolic OH excluding ortho intramolecular Hbond substituents is 1. The molecule has 1 aromatic carbocycles. The van der Waals surface area contributed by atoms with Gasteiger partial charge in [0.1, 0.15) is 11.6 Å². The lowest BCUT2D eigenvalue weighted by Gasteiger charge is -2.04. The fourth-order valence-corrected chi connectivity index (χ4v) is 1.05. The molecule has 1 aromatic rings. The van der Waals surface area contributed by atoms with Gasteiger partial charge >= 0.3 is 11.8 Å². The zero-order valence-electron chi connectivity index (χ0n) is 8.90. The Bertz CT molecular complexity index is 500. The summed E-state index contributed by atoms with van der Waals surface area (Å²) in [6.45, 7) is 1.43. The van der Waals surface area contributed by atoms with Crippen molar-refractivity contribution in [3.8, 4) is 5.75 Å². The molecular formula is C10H10FN3O3. The van der Waals surface area contributed by atoms with Gasteiger partial charge in [-0.15, -0.1) is 0 Å². The predicted octanol–water partition coefficient (Wildman–Crippen LogP) is -0.143. The van der Waals surface area contributed by atoms with Gasteiger partial charge in [-0.05, 0) is 25.1 Å². The van der Waals surface area contributed by atoms with Crippen molar-refractivity contribution >= 4 is 17.5 Å². The van der Waals surface area contributed by atoms with Gasteiger partial charge in [-0.25, -0.2) is 9.82 Å². The lowest BCUT2D eigenvalue weighted by atomic mass is 10.1. The van der Waals surface area contributed by atoms with Crippen molar-refractivity contribution in [2.45, 2.75) is 6.92 Å². The van der Waals surface area contributed by atoms with Crippen LogP contribution < -0.4 is 11.2 Å². The molecule has 0 radical (unpaired) electrons. The fourth-order valence-electron chi connectivity index (χ4n) is 1.05. The number of aromatic hydroxyl groups is 1. The molecule has 0 aliphatic rings. The van der Waals surface area contributed by atoms with E-state index in [1.807, 2.05) is 5.43 Å². The van der Waals surface area contributed by atoms with E-state index in [1.54, 1.807) is 0 Å². The van der Waals surface area contributed by atoms with Gasteiger partial charge in [0.05, 0.1) is 5.71 Å². The Morgan fingerprint density at radius 3 is 2.71 bits per heavy atom. The van der Waals surface area contributed by atoms with Crippen molar-refractivity contribution in [2.24, 2.45) is 10.8 Å². The number of hydrogen-bond acceptors (Lipinski definition) is 4. The van der Waals surface area contributed by atoms with E-state index in [4.69, 9.17) is 0 Å². The van der Waals surface area contributed by atoms with E-state index in [9.17, 15) is 19.1 Å². The minimum absolute atomic E-state index is 0.106. The number of hydrazone groups is 1. The monoisotopic (exact) mass is 239 g/mol. The zero-order valence-corrected chi connectivity index (χ0v) is 8.90. The quantitative estimate of drug-likeness (QED) is 0.380. The first-order valence-corrected chi connectivity index (χ1v) is 4.54. The average molecular weight is 239 g/mol. The summed E-state index contributed by atoms with van der Waals surface area (Å²) in [5, 5.41) is 12.9. The van der Waals surface area contributed by atoms with Crippen LogP contribution in [0.1, 0.15) is 12.5 Å². The molecule has 4 N–H and O–H groups in total. The standard InChI is InChI=1S/C10H10FN3O3/c1-5(13-14-10(17)9(12)16)7-4-6(11)2-3-8(7)15/h2-4,15H,1H3,(H2,12,16)(H,14,17). The molecule has 1 rings (SSSR count). The topological polar surface area (TPSA) is 105 Å². The molecule has 0 atom stereocenters. The molecule has 0 saturated carbocycles. The van der Waals surface area contributed by atoms with E-state index in [2.05, 4.69) is 10.8 Å². The maximum Gasteiger partial charge on any atom is 0.329 e. The van der Waals surface area contributed by atoms with Gasteiger partial charge in [0.25, 0.3) is 0 Å². The second kappa shape index (κ2) is 5.06. The van der Waals surface area contributed by atoms with Gasteiger partial charge in [0.15, 0.2) is 0 Å². The second-order valence-corrected chi connectivity index (χ2v) is 3.16. The highest BCUT2D eigenvalue weighted by Gasteiger charge is 2.09. The Balaban J connectivity index is 2.92. The van der Waals surface area contributed by atoms with Crippen LogP contribution in [0.15, 0.2) is 23.3 Å². The summed E-state index contributed by atoms with van der Waals surface area (Å²) in [5.41, 5.74) is 6.80. The van der Waals surface area contributed by atoms with Crippen LogP contribution in [0, 0.1) is 5.82 Å². The molecule has 17 heavy (non-hydrogen) atoms. The maximum absolute atomic E-state index is 12.9.